The Morgan fingerprint density at radius 3 is 2.43 bits per heavy atom. The van der Waals surface area contributed by atoms with Crippen molar-refractivity contribution in [3.8, 4) is 0 Å². The van der Waals surface area contributed by atoms with Crippen LogP contribution >= 0.6 is 0 Å². The van der Waals surface area contributed by atoms with Gasteiger partial charge in [-0.25, -0.2) is 4.79 Å². The number of benzene rings is 2. The molecular formula is C22H30N4O2. The van der Waals surface area contributed by atoms with Crippen LogP contribution in [0.15, 0.2) is 54.4 Å². The average molecular weight is 383 g/mol. The maximum atomic E-state index is 12.3. The number of hydrogen-bond donors (Lipinski definition) is 4. The third-order valence-electron chi connectivity index (χ3n) is 4.22. The lowest BCUT2D eigenvalue weighted by molar-refractivity contribution is 0.170. The number of carbonyl (C=O) groups excluding carboxylic acids is 1. The SMILES string of the molecule is CCOC/C(N)=C/Nc1ccc(NC(=O)Nc2cc(C(C)C)ccc2C)cc1. The van der Waals surface area contributed by atoms with Crippen molar-refractivity contribution in [3.63, 3.8) is 0 Å². The second kappa shape index (κ2) is 10.4. The van der Waals surface area contributed by atoms with Crippen LogP contribution in [-0.2, 0) is 4.74 Å². The molecule has 6 heteroatoms. The lowest BCUT2D eigenvalue weighted by atomic mass is 10.0. The molecule has 2 aromatic rings. The van der Waals surface area contributed by atoms with Gasteiger partial charge in [0.2, 0.25) is 0 Å². The van der Waals surface area contributed by atoms with E-state index < -0.39 is 0 Å². The molecule has 2 amide bonds. The zero-order valence-electron chi connectivity index (χ0n) is 17.0. The van der Waals surface area contributed by atoms with Gasteiger partial charge in [-0.05, 0) is 61.2 Å². The summed E-state index contributed by atoms with van der Waals surface area (Å²) in [6, 6.07) is 13.2. The summed E-state index contributed by atoms with van der Waals surface area (Å²) in [7, 11) is 0. The van der Waals surface area contributed by atoms with E-state index in [1.807, 2.05) is 50.2 Å². The number of nitrogens with one attached hydrogen (secondary N) is 3. The van der Waals surface area contributed by atoms with Crippen LogP contribution in [0.25, 0.3) is 0 Å². The maximum Gasteiger partial charge on any atom is 0.323 e. The Kier molecular flexibility index (Phi) is 7.89. The van der Waals surface area contributed by atoms with Crippen molar-refractivity contribution in [2.24, 2.45) is 5.73 Å². The number of anilines is 3. The van der Waals surface area contributed by atoms with Crippen molar-refractivity contribution in [1.29, 1.82) is 0 Å². The van der Waals surface area contributed by atoms with Gasteiger partial charge >= 0.3 is 6.03 Å². The zero-order valence-corrected chi connectivity index (χ0v) is 17.0. The fraction of sp³-hybridized carbons (Fsp3) is 0.318. The molecule has 150 valence electrons. The van der Waals surface area contributed by atoms with Crippen LogP contribution in [0.3, 0.4) is 0 Å². The molecule has 0 aliphatic rings. The summed E-state index contributed by atoms with van der Waals surface area (Å²) in [5, 5.41) is 8.87. The lowest BCUT2D eigenvalue weighted by Gasteiger charge is -2.13. The molecule has 0 aliphatic heterocycles. The summed E-state index contributed by atoms with van der Waals surface area (Å²) >= 11 is 0. The van der Waals surface area contributed by atoms with E-state index in [1.54, 1.807) is 6.20 Å². The largest absolute Gasteiger partial charge is 0.399 e. The standard InChI is InChI=1S/C22H30N4O2/c1-5-28-14-18(23)13-24-19-8-10-20(11-9-19)25-22(27)26-21-12-17(15(2)3)7-6-16(21)4/h6-13,15,24H,5,14,23H2,1-4H3,(H2,25,26,27)/b18-13-. The molecule has 0 saturated carbocycles. The number of rotatable bonds is 8. The van der Waals surface area contributed by atoms with Gasteiger partial charge in [-0.2, -0.15) is 0 Å². The number of hydrogen-bond acceptors (Lipinski definition) is 4. The molecule has 0 heterocycles. The molecule has 2 rings (SSSR count). The van der Waals surface area contributed by atoms with Gasteiger partial charge in [-0.1, -0.05) is 26.0 Å². The average Bonchev–Trinajstić information content (AvgIpc) is 2.67. The maximum absolute atomic E-state index is 12.3. The van der Waals surface area contributed by atoms with Crippen molar-refractivity contribution >= 4 is 23.1 Å². The molecule has 0 unspecified atom stereocenters. The number of carbonyl (C=O) groups is 1. The van der Waals surface area contributed by atoms with Gasteiger partial charge in [-0.3, -0.25) is 0 Å². The van der Waals surface area contributed by atoms with Crippen LogP contribution in [0.4, 0.5) is 21.9 Å². The Morgan fingerprint density at radius 1 is 1.11 bits per heavy atom. The van der Waals surface area contributed by atoms with Crippen molar-refractivity contribution in [1.82, 2.24) is 0 Å². The Bertz CT molecular complexity index is 814. The van der Waals surface area contributed by atoms with Gasteiger partial charge < -0.3 is 26.4 Å². The molecule has 0 aliphatic carbocycles. The smallest absolute Gasteiger partial charge is 0.323 e. The summed E-state index contributed by atoms with van der Waals surface area (Å²) in [6.45, 7) is 9.17. The van der Waals surface area contributed by atoms with E-state index in [0.29, 0.717) is 30.5 Å². The van der Waals surface area contributed by atoms with Gasteiger partial charge in [0.25, 0.3) is 0 Å². The molecule has 0 bridgehead atoms. The summed E-state index contributed by atoms with van der Waals surface area (Å²) in [5.74, 6) is 0.404. The summed E-state index contributed by atoms with van der Waals surface area (Å²) in [5.41, 5.74) is 11.0. The summed E-state index contributed by atoms with van der Waals surface area (Å²) in [6.07, 6.45) is 1.70. The highest BCUT2D eigenvalue weighted by Gasteiger charge is 2.08. The first kappa shape index (κ1) is 21.3. The fourth-order valence-corrected chi connectivity index (χ4v) is 2.51. The van der Waals surface area contributed by atoms with E-state index in [0.717, 1.165) is 16.9 Å². The van der Waals surface area contributed by atoms with Crippen LogP contribution < -0.4 is 21.7 Å². The Labute approximate surface area is 167 Å². The molecule has 6 nitrogen and oxygen atoms in total. The van der Waals surface area contributed by atoms with E-state index in [9.17, 15) is 4.79 Å². The first-order valence-corrected chi connectivity index (χ1v) is 9.46. The minimum Gasteiger partial charge on any atom is -0.399 e. The van der Waals surface area contributed by atoms with Crippen molar-refractivity contribution in [2.45, 2.75) is 33.6 Å². The van der Waals surface area contributed by atoms with Crippen molar-refractivity contribution < 1.29 is 9.53 Å². The molecule has 0 saturated heterocycles. The van der Waals surface area contributed by atoms with Crippen molar-refractivity contribution in [2.75, 3.05) is 29.2 Å². The minimum absolute atomic E-state index is 0.273. The molecule has 28 heavy (non-hydrogen) atoms. The molecule has 5 N–H and O–H groups in total. The van der Waals surface area contributed by atoms with E-state index in [-0.39, 0.29) is 6.03 Å². The predicted octanol–water partition coefficient (Wildman–Crippen LogP) is 5.01. The predicted molar refractivity (Wildman–Crippen MR) is 117 cm³/mol. The molecular weight excluding hydrogens is 352 g/mol. The van der Waals surface area contributed by atoms with Gasteiger partial charge in [-0.15, -0.1) is 0 Å². The first-order valence-electron chi connectivity index (χ1n) is 9.46. The molecule has 2 aromatic carbocycles. The summed E-state index contributed by atoms with van der Waals surface area (Å²) in [4.78, 5) is 12.3. The third kappa shape index (κ3) is 6.63. The molecule has 0 atom stereocenters. The number of ether oxygens (including phenoxy) is 1. The fourth-order valence-electron chi connectivity index (χ4n) is 2.51. The monoisotopic (exact) mass is 382 g/mol. The highest BCUT2D eigenvalue weighted by Crippen LogP contribution is 2.22. The van der Waals surface area contributed by atoms with Crippen LogP contribution in [0.1, 0.15) is 37.8 Å². The molecule has 0 aromatic heterocycles. The van der Waals surface area contributed by atoms with Gasteiger partial charge in [0.15, 0.2) is 0 Å². The Hall–Kier alpha value is -2.99. The quantitative estimate of drug-likeness (QED) is 0.517. The molecule has 0 fully saturated rings. The third-order valence-corrected chi connectivity index (χ3v) is 4.22. The van der Waals surface area contributed by atoms with Gasteiger partial charge in [0.1, 0.15) is 0 Å². The Balaban J connectivity index is 1.93. The van der Waals surface area contributed by atoms with Gasteiger partial charge in [0.05, 0.1) is 12.3 Å². The Morgan fingerprint density at radius 2 is 1.79 bits per heavy atom. The number of amides is 2. The van der Waals surface area contributed by atoms with Crippen LogP contribution in [0.5, 0.6) is 0 Å². The second-order valence-corrected chi connectivity index (χ2v) is 6.89. The van der Waals surface area contributed by atoms with Crippen LogP contribution in [0, 0.1) is 6.92 Å². The highest BCUT2D eigenvalue weighted by molar-refractivity contribution is 6.00. The minimum atomic E-state index is -0.273. The lowest BCUT2D eigenvalue weighted by Crippen LogP contribution is -2.20. The number of nitrogens with two attached hydrogens (primary N) is 1. The molecule has 0 spiro atoms. The van der Waals surface area contributed by atoms with E-state index >= 15 is 0 Å². The normalized spacial score (nSPS) is 11.4. The van der Waals surface area contributed by atoms with E-state index in [2.05, 4.69) is 35.9 Å². The topological polar surface area (TPSA) is 88.4 Å². The van der Waals surface area contributed by atoms with E-state index in [1.165, 1.54) is 5.56 Å². The van der Waals surface area contributed by atoms with Crippen LogP contribution in [0.2, 0.25) is 0 Å². The first-order chi connectivity index (χ1) is 13.4. The second-order valence-electron chi connectivity index (χ2n) is 6.89. The molecule has 0 radical (unpaired) electrons. The van der Waals surface area contributed by atoms with Crippen molar-refractivity contribution in [3.05, 3.63) is 65.5 Å². The number of urea groups is 1. The highest BCUT2D eigenvalue weighted by atomic mass is 16.5. The van der Waals surface area contributed by atoms with Gasteiger partial charge in [0, 0.05) is 29.9 Å². The zero-order chi connectivity index (χ0) is 20.5. The summed E-state index contributed by atoms with van der Waals surface area (Å²) < 4.78 is 5.24. The van der Waals surface area contributed by atoms with Crippen LogP contribution in [-0.4, -0.2) is 19.2 Å². The number of aryl methyl sites for hydroxylation is 1. The van der Waals surface area contributed by atoms with E-state index in [4.69, 9.17) is 10.5 Å².